The molecule has 140 valence electrons. The summed E-state index contributed by atoms with van der Waals surface area (Å²) in [5, 5.41) is 1.48. The molecule has 0 radical (unpaired) electrons. The summed E-state index contributed by atoms with van der Waals surface area (Å²) in [6.45, 7) is 2.24. The topological polar surface area (TPSA) is 104 Å². The van der Waals surface area contributed by atoms with Gasteiger partial charge in [-0.05, 0) is 30.7 Å². The molecule has 27 heavy (non-hydrogen) atoms. The Morgan fingerprint density at radius 2 is 1.93 bits per heavy atom. The van der Waals surface area contributed by atoms with E-state index in [1.807, 2.05) is 25.1 Å². The summed E-state index contributed by atoms with van der Waals surface area (Å²) < 4.78 is 4.20. The van der Waals surface area contributed by atoms with Crippen LogP contribution in [0.5, 0.6) is 0 Å². The van der Waals surface area contributed by atoms with Crippen LogP contribution in [0.3, 0.4) is 0 Å². The van der Waals surface area contributed by atoms with Gasteiger partial charge in [-0.2, -0.15) is 0 Å². The summed E-state index contributed by atoms with van der Waals surface area (Å²) in [4.78, 5) is 33.3. The van der Waals surface area contributed by atoms with Crippen molar-refractivity contribution in [2.45, 2.75) is 20.0 Å². The molecule has 3 N–H and O–H groups in total. The molecule has 0 saturated carbocycles. The average molecular weight is 387 g/mol. The molecule has 4 aromatic rings. The summed E-state index contributed by atoms with van der Waals surface area (Å²) >= 11 is 6.31. The van der Waals surface area contributed by atoms with Crippen molar-refractivity contribution >= 4 is 33.7 Å². The van der Waals surface area contributed by atoms with Crippen LogP contribution in [0.25, 0.3) is 22.1 Å². The number of nitrogens with zero attached hydrogens (tertiary/aromatic N) is 4. The molecule has 1 aromatic carbocycles. The molecule has 0 bridgehead atoms. The van der Waals surface area contributed by atoms with Crippen LogP contribution in [0.1, 0.15) is 17.1 Å². The molecule has 0 fully saturated rings. The molecule has 0 aliphatic heterocycles. The average Bonchev–Trinajstić information content (AvgIpc) is 3.17. The highest BCUT2D eigenvalue weighted by atomic mass is 35.5. The van der Waals surface area contributed by atoms with Gasteiger partial charge in [0, 0.05) is 30.7 Å². The summed E-state index contributed by atoms with van der Waals surface area (Å²) in [5.41, 5.74) is 8.15. The zero-order chi connectivity index (χ0) is 19.5. The third-order valence-electron chi connectivity index (χ3n) is 4.85. The van der Waals surface area contributed by atoms with E-state index in [1.165, 1.54) is 9.13 Å². The first-order valence-electron chi connectivity index (χ1n) is 8.44. The largest absolute Gasteiger partial charge is 0.357 e. The normalized spacial score (nSPS) is 11.7. The fourth-order valence-corrected chi connectivity index (χ4v) is 3.78. The number of H-pyrrole nitrogens is 1. The second-order valence-electron chi connectivity index (χ2n) is 6.70. The predicted molar refractivity (Wildman–Crippen MR) is 105 cm³/mol. The Kier molecular flexibility index (Phi) is 3.97. The Hall–Kier alpha value is -2.84. The number of fused-ring (bicyclic) bond motifs is 2. The number of benzene rings is 1. The smallest absolute Gasteiger partial charge is 0.332 e. The van der Waals surface area contributed by atoms with Gasteiger partial charge in [0.2, 0.25) is 0 Å². The maximum Gasteiger partial charge on any atom is 0.332 e. The number of rotatable bonds is 3. The predicted octanol–water partition coefficient (Wildman–Crippen LogP) is 1.38. The molecular formula is C18H19ClN6O2. The quantitative estimate of drug-likeness (QED) is 0.555. The lowest BCUT2D eigenvalue weighted by atomic mass is 10.2. The monoisotopic (exact) mass is 386 g/mol. The molecule has 0 atom stereocenters. The van der Waals surface area contributed by atoms with Crippen LogP contribution >= 0.6 is 11.6 Å². The fraction of sp³-hybridized carbons (Fsp3) is 0.278. The third kappa shape index (κ3) is 2.60. The molecule has 3 heterocycles. The summed E-state index contributed by atoms with van der Waals surface area (Å²) in [6.07, 6.45) is 0. The maximum absolute atomic E-state index is 13.0. The van der Waals surface area contributed by atoms with Crippen molar-refractivity contribution in [3.8, 4) is 0 Å². The van der Waals surface area contributed by atoms with Gasteiger partial charge in [0.1, 0.15) is 5.82 Å². The van der Waals surface area contributed by atoms with E-state index in [2.05, 4.69) is 9.97 Å². The van der Waals surface area contributed by atoms with Gasteiger partial charge in [-0.1, -0.05) is 11.6 Å². The molecule has 0 unspecified atom stereocenters. The number of hydrogen-bond acceptors (Lipinski definition) is 4. The lowest BCUT2D eigenvalue weighted by Gasteiger charge is -2.07. The van der Waals surface area contributed by atoms with Crippen LogP contribution in [0.2, 0.25) is 5.02 Å². The van der Waals surface area contributed by atoms with Crippen LogP contribution in [0.4, 0.5) is 0 Å². The van der Waals surface area contributed by atoms with E-state index in [9.17, 15) is 9.59 Å². The molecule has 8 nitrogen and oxygen atoms in total. The third-order valence-corrected chi connectivity index (χ3v) is 5.16. The number of halogens is 1. The summed E-state index contributed by atoms with van der Waals surface area (Å²) in [6, 6.07) is 5.72. The molecule has 9 heteroatoms. The minimum Gasteiger partial charge on any atom is -0.357 e. The SMILES string of the molecule is Cc1cc(Cl)c2cc(Cn3c(=O)c4c(nc(CN)n4C)n(C)c3=O)[nH]c2c1. The zero-order valence-electron chi connectivity index (χ0n) is 15.2. The van der Waals surface area contributed by atoms with E-state index >= 15 is 0 Å². The van der Waals surface area contributed by atoms with Crippen LogP contribution in [0.15, 0.2) is 27.8 Å². The van der Waals surface area contributed by atoms with Gasteiger partial charge in [-0.15, -0.1) is 0 Å². The Morgan fingerprint density at radius 3 is 2.63 bits per heavy atom. The van der Waals surface area contributed by atoms with Crippen molar-refractivity contribution in [3.63, 3.8) is 0 Å². The second kappa shape index (κ2) is 6.11. The Bertz CT molecular complexity index is 1320. The molecule has 0 amide bonds. The molecule has 4 rings (SSSR count). The fourth-order valence-electron chi connectivity index (χ4n) is 3.45. The Morgan fingerprint density at radius 1 is 1.19 bits per heavy atom. The summed E-state index contributed by atoms with van der Waals surface area (Å²) in [5.74, 6) is 0.544. The van der Waals surface area contributed by atoms with E-state index in [0.29, 0.717) is 22.0 Å². The van der Waals surface area contributed by atoms with Crippen molar-refractivity contribution in [2.24, 2.45) is 19.8 Å². The Labute approximate surface area is 158 Å². The molecule has 0 aliphatic carbocycles. The Balaban J connectivity index is 1.92. The number of nitrogens with one attached hydrogen (secondary N) is 1. The first-order chi connectivity index (χ1) is 12.8. The van der Waals surface area contributed by atoms with Gasteiger partial charge in [0.05, 0.1) is 18.1 Å². The number of aromatic nitrogens is 5. The minimum atomic E-state index is -0.435. The molecule has 3 aromatic heterocycles. The lowest BCUT2D eigenvalue weighted by Crippen LogP contribution is -2.39. The van der Waals surface area contributed by atoms with Crippen LogP contribution in [0, 0.1) is 6.92 Å². The number of imidazole rings is 1. The number of aryl methyl sites for hydroxylation is 3. The van der Waals surface area contributed by atoms with Gasteiger partial charge in [-0.3, -0.25) is 13.9 Å². The van der Waals surface area contributed by atoms with Gasteiger partial charge in [-0.25, -0.2) is 9.78 Å². The second-order valence-corrected chi connectivity index (χ2v) is 7.11. The van der Waals surface area contributed by atoms with E-state index < -0.39 is 11.2 Å². The van der Waals surface area contributed by atoms with E-state index in [-0.39, 0.29) is 13.1 Å². The minimum absolute atomic E-state index is 0.106. The van der Waals surface area contributed by atoms with Crippen molar-refractivity contribution in [3.05, 3.63) is 61.1 Å². The highest BCUT2D eigenvalue weighted by Gasteiger charge is 2.18. The van der Waals surface area contributed by atoms with Gasteiger partial charge < -0.3 is 15.3 Å². The number of hydrogen-bond donors (Lipinski definition) is 2. The van der Waals surface area contributed by atoms with E-state index in [4.69, 9.17) is 17.3 Å². The van der Waals surface area contributed by atoms with Crippen molar-refractivity contribution in [1.29, 1.82) is 0 Å². The number of aromatic amines is 1. The lowest BCUT2D eigenvalue weighted by molar-refractivity contribution is 0.648. The first-order valence-corrected chi connectivity index (χ1v) is 8.82. The van der Waals surface area contributed by atoms with Crippen LogP contribution in [-0.4, -0.2) is 23.7 Å². The van der Waals surface area contributed by atoms with Crippen molar-refractivity contribution in [2.75, 3.05) is 0 Å². The van der Waals surface area contributed by atoms with Gasteiger partial charge in [0.15, 0.2) is 11.2 Å². The molecular weight excluding hydrogens is 368 g/mol. The highest BCUT2D eigenvalue weighted by Crippen LogP contribution is 2.26. The zero-order valence-corrected chi connectivity index (χ0v) is 16.0. The summed E-state index contributed by atoms with van der Waals surface area (Å²) in [7, 11) is 3.32. The maximum atomic E-state index is 13.0. The molecule has 0 saturated heterocycles. The van der Waals surface area contributed by atoms with Crippen molar-refractivity contribution < 1.29 is 0 Å². The van der Waals surface area contributed by atoms with E-state index in [0.717, 1.165) is 22.2 Å². The van der Waals surface area contributed by atoms with Crippen molar-refractivity contribution in [1.82, 2.24) is 23.7 Å². The van der Waals surface area contributed by atoms with E-state index in [1.54, 1.807) is 18.7 Å². The first kappa shape index (κ1) is 17.6. The van der Waals surface area contributed by atoms with Gasteiger partial charge >= 0.3 is 5.69 Å². The number of nitrogens with two attached hydrogens (primary N) is 1. The van der Waals surface area contributed by atoms with Crippen LogP contribution in [-0.2, 0) is 27.2 Å². The van der Waals surface area contributed by atoms with Gasteiger partial charge in [0.25, 0.3) is 5.56 Å². The highest BCUT2D eigenvalue weighted by molar-refractivity contribution is 6.35. The molecule has 0 spiro atoms. The molecule has 0 aliphatic rings. The standard InChI is InChI=1S/C18H19ClN6O2/c1-9-4-12(19)11-6-10(21-13(11)5-9)8-25-17(26)15-16(24(3)18(25)27)22-14(7-20)23(15)2/h4-6,21H,7-8,20H2,1-3H3. The van der Waals surface area contributed by atoms with Crippen LogP contribution < -0.4 is 17.0 Å².